The largest absolute Gasteiger partial charge is 0.333 e. The van der Waals surface area contributed by atoms with E-state index in [0.717, 1.165) is 18.0 Å². The zero-order chi connectivity index (χ0) is 15.4. The highest BCUT2D eigenvalue weighted by atomic mass is 79.9. The summed E-state index contributed by atoms with van der Waals surface area (Å²) >= 11 is 3.30. The van der Waals surface area contributed by atoms with Crippen LogP contribution in [0.25, 0.3) is 0 Å². The van der Waals surface area contributed by atoms with Crippen LogP contribution in [0.3, 0.4) is 0 Å². The van der Waals surface area contributed by atoms with E-state index in [1.807, 2.05) is 17.8 Å². The molecule has 0 spiro atoms. The molecule has 6 heteroatoms. The monoisotopic (exact) mass is 350 g/mol. The predicted octanol–water partition coefficient (Wildman–Crippen LogP) is 2.34. The average molecular weight is 351 g/mol. The maximum absolute atomic E-state index is 12.4. The molecule has 112 valence electrons. The van der Waals surface area contributed by atoms with E-state index in [1.54, 1.807) is 18.3 Å². The smallest absolute Gasteiger partial charge is 0.215 e. The molecule has 1 saturated carbocycles. The first kappa shape index (κ1) is 15.9. The van der Waals surface area contributed by atoms with Crippen LogP contribution in [0.1, 0.15) is 34.6 Å². The zero-order valence-corrected chi connectivity index (χ0v) is 13.8. The molecule has 2 N–H and O–H groups in total. The van der Waals surface area contributed by atoms with Gasteiger partial charge in [0.1, 0.15) is 10.3 Å². The molecule has 2 aromatic heterocycles. The van der Waals surface area contributed by atoms with Crippen molar-refractivity contribution in [3.8, 4) is 0 Å². The van der Waals surface area contributed by atoms with Crippen molar-refractivity contribution in [3.05, 3.63) is 46.0 Å². The summed E-state index contributed by atoms with van der Waals surface area (Å²) in [6.45, 7) is 0. The fourth-order valence-electron chi connectivity index (χ4n) is 2.12. The van der Waals surface area contributed by atoms with Gasteiger partial charge in [-0.15, -0.1) is 0 Å². The van der Waals surface area contributed by atoms with Gasteiger partial charge in [-0.25, -0.2) is 4.98 Å². The van der Waals surface area contributed by atoms with Crippen molar-refractivity contribution in [2.75, 3.05) is 7.05 Å². The van der Waals surface area contributed by atoms with Gasteiger partial charge in [-0.05, 0) is 66.4 Å². The number of hydrogen-bond donors (Lipinski definition) is 1. The first-order chi connectivity index (χ1) is 10.1. The summed E-state index contributed by atoms with van der Waals surface area (Å²) in [5.41, 5.74) is 6.68. The number of aryl methyl sites for hydroxylation is 1. The molecular formula is C15H19BrN4O. The lowest BCUT2D eigenvalue weighted by molar-refractivity contribution is 0.103. The highest BCUT2D eigenvalue weighted by Gasteiger charge is 2.24. The molecule has 0 aromatic carbocycles. The highest BCUT2D eigenvalue weighted by molar-refractivity contribution is 9.10. The van der Waals surface area contributed by atoms with Crippen LogP contribution < -0.4 is 5.73 Å². The summed E-state index contributed by atoms with van der Waals surface area (Å²) in [6, 6.07) is 5.42. The number of nitrogens with two attached hydrogens (primary N) is 1. The minimum atomic E-state index is -0.0855. The van der Waals surface area contributed by atoms with Crippen molar-refractivity contribution in [3.63, 3.8) is 0 Å². The quantitative estimate of drug-likeness (QED) is 0.678. The van der Waals surface area contributed by atoms with E-state index >= 15 is 0 Å². The Balaban J connectivity index is 0.000000774. The van der Waals surface area contributed by atoms with Crippen molar-refractivity contribution >= 4 is 21.7 Å². The van der Waals surface area contributed by atoms with Gasteiger partial charge in [-0.3, -0.25) is 9.48 Å². The fraction of sp³-hybridized carbons (Fsp3) is 0.400. The van der Waals surface area contributed by atoms with Crippen LogP contribution >= 0.6 is 15.9 Å². The van der Waals surface area contributed by atoms with Crippen molar-refractivity contribution in [2.45, 2.75) is 19.3 Å². The van der Waals surface area contributed by atoms with Crippen LogP contribution in [0, 0.1) is 5.92 Å². The minimum absolute atomic E-state index is 0.0855. The Labute approximate surface area is 132 Å². The van der Waals surface area contributed by atoms with Gasteiger partial charge in [0.2, 0.25) is 5.78 Å². The van der Waals surface area contributed by atoms with Gasteiger partial charge in [0.15, 0.2) is 0 Å². The minimum Gasteiger partial charge on any atom is -0.333 e. The number of aromatic nitrogens is 3. The van der Waals surface area contributed by atoms with Crippen LogP contribution in [-0.2, 0) is 13.5 Å². The van der Waals surface area contributed by atoms with Crippen molar-refractivity contribution < 1.29 is 4.79 Å². The SMILES string of the molecule is CN.Cn1nc(C(=O)c2cccnc2Br)cc1CC1CC1. The maximum Gasteiger partial charge on any atom is 0.215 e. The summed E-state index contributed by atoms with van der Waals surface area (Å²) in [5.74, 6) is 0.695. The molecule has 1 fully saturated rings. The second kappa shape index (κ2) is 6.95. The Morgan fingerprint density at radius 2 is 2.19 bits per heavy atom. The summed E-state index contributed by atoms with van der Waals surface area (Å²) in [4.78, 5) is 16.5. The molecule has 2 heterocycles. The number of carbonyl (C=O) groups is 1. The van der Waals surface area contributed by atoms with Crippen LogP contribution in [0.2, 0.25) is 0 Å². The van der Waals surface area contributed by atoms with Crippen LogP contribution in [-0.4, -0.2) is 27.6 Å². The predicted molar refractivity (Wildman–Crippen MR) is 85.1 cm³/mol. The number of nitrogens with zero attached hydrogens (tertiary/aromatic N) is 3. The molecule has 0 aliphatic heterocycles. The van der Waals surface area contributed by atoms with E-state index in [4.69, 9.17) is 0 Å². The summed E-state index contributed by atoms with van der Waals surface area (Å²) in [6.07, 6.45) is 5.26. The van der Waals surface area contributed by atoms with Gasteiger partial charge in [0.25, 0.3) is 0 Å². The second-order valence-corrected chi connectivity index (χ2v) is 5.71. The second-order valence-electron chi connectivity index (χ2n) is 4.96. The molecule has 0 amide bonds. The number of rotatable bonds is 4. The van der Waals surface area contributed by atoms with Gasteiger partial charge in [0, 0.05) is 18.9 Å². The molecule has 5 nitrogen and oxygen atoms in total. The molecule has 1 aliphatic carbocycles. The Morgan fingerprint density at radius 3 is 2.81 bits per heavy atom. The molecule has 0 bridgehead atoms. The number of hydrogen-bond acceptors (Lipinski definition) is 4. The molecule has 0 radical (unpaired) electrons. The van der Waals surface area contributed by atoms with Crippen molar-refractivity contribution in [2.24, 2.45) is 18.7 Å². The Kier molecular flexibility index (Phi) is 5.25. The van der Waals surface area contributed by atoms with Gasteiger partial charge in [-0.2, -0.15) is 5.10 Å². The van der Waals surface area contributed by atoms with Crippen molar-refractivity contribution in [1.29, 1.82) is 0 Å². The normalized spacial score (nSPS) is 13.5. The lowest BCUT2D eigenvalue weighted by Crippen LogP contribution is -2.05. The Hall–Kier alpha value is -1.53. The third kappa shape index (κ3) is 3.77. The van der Waals surface area contributed by atoms with E-state index < -0.39 is 0 Å². The van der Waals surface area contributed by atoms with Crippen molar-refractivity contribution in [1.82, 2.24) is 14.8 Å². The number of halogens is 1. The van der Waals surface area contributed by atoms with E-state index in [-0.39, 0.29) is 5.78 Å². The molecule has 2 aromatic rings. The van der Waals surface area contributed by atoms with Gasteiger partial charge < -0.3 is 5.73 Å². The summed E-state index contributed by atoms with van der Waals surface area (Å²) < 4.78 is 2.38. The first-order valence-corrected chi connectivity index (χ1v) is 7.70. The molecule has 21 heavy (non-hydrogen) atoms. The van der Waals surface area contributed by atoms with E-state index in [0.29, 0.717) is 15.9 Å². The first-order valence-electron chi connectivity index (χ1n) is 6.91. The topological polar surface area (TPSA) is 73.8 Å². The molecule has 0 atom stereocenters. The average Bonchev–Trinajstić information content (AvgIpc) is 3.24. The third-order valence-electron chi connectivity index (χ3n) is 3.41. The molecule has 0 unspecified atom stereocenters. The van der Waals surface area contributed by atoms with Crippen LogP contribution in [0.5, 0.6) is 0 Å². The highest BCUT2D eigenvalue weighted by Crippen LogP contribution is 2.32. The van der Waals surface area contributed by atoms with Gasteiger partial charge in [0.05, 0.1) is 5.56 Å². The Morgan fingerprint density at radius 1 is 1.48 bits per heavy atom. The summed E-state index contributed by atoms with van der Waals surface area (Å²) in [7, 11) is 3.40. The van der Waals surface area contributed by atoms with Crippen LogP contribution in [0.4, 0.5) is 0 Å². The molecular weight excluding hydrogens is 332 g/mol. The van der Waals surface area contributed by atoms with Gasteiger partial charge >= 0.3 is 0 Å². The zero-order valence-electron chi connectivity index (χ0n) is 12.2. The van der Waals surface area contributed by atoms with E-state index in [1.165, 1.54) is 19.9 Å². The summed E-state index contributed by atoms with van der Waals surface area (Å²) in [5, 5.41) is 4.33. The third-order valence-corrected chi connectivity index (χ3v) is 4.04. The van der Waals surface area contributed by atoms with Gasteiger partial charge in [-0.1, -0.05) is 0 Å². The van der Waals surface area contributed by atoms with Crippen LogP contribution in [0.15, 0.2) is 29.0 Å². The Bertz CT molecular complexity index is 634. The number of carbonyl (C=O) groups excluding carboxylic acids is 1. The lowest BCUT2D eigenvalue weighted by atomic mass is 10.1. The van der Waals surface area contributed by atoms with E-state index in [2.05, 4.69) is 31.7 Å². The number of pyridine rings is 1. The maximum atomic E-state index is 12.4. The number of ketones is 1. The molecule has 1 aliphatic rings. The fourth-order valence-corrected chi connectivity index (χ4v) is 2.55. The molecule has 3 rings (SSSR count). The molecule has 0 saturated heterocycles. The standard InChI is InChI=1S/C14H14BrN3O.CH5N/c1-18-10(7-9-4-5-9)8-12(17-18)13(19)11-3-2-6-16-14(11)15;1-2/h2-3,6,8-9H,4-5,7H2,1H3;2H2,1H3. The lowest BCUT2D eigenvalue weighted by Gasteiger charge is -1.98. The van der Waals surface area contributed by atoms with E-state index in [9.17, 15) is 4.79 Å².